The van der Waals surface area contributed by atoms with Crippen LogP contribution >= 0.6 is 12.6 Å². The number of hydrogen-bond acceptors (Lipinski definition) is 3. The smallest absolute Gasteiger partial charge is 0.0893 e. The fourth-order valence-electron chi connectivity index (χ4n) is 3.95. The molecule has 162 valence electrons. The minimum absolute atomic E-state index is 0.0956. The lowest BCUT2D eigenvalue weighted by atomic mass is 9.81. The van der Waals surface area contributed by atoms with Gasteiger partial charge in [-0.25, -0.2) is 4.98 Å². The van der Waals surface area contributed by atoms with Gasteiger partial charge in [-0.1, -0.05) is 83.1 Å². The Balaban J connectivity index is 1.73. The molecule has 0 unspecified atom stereocenters. The van der Waals surface area contributed by atoms with Crippen molar-refractivity contribution in [2.75, 3.05) is 0 Å². The second-order valence-corrected chi connectivity index (χ2v) is 10.3. The van der Waals surface area contributed by atoms with Gasteiger partial charge in [0, 0.05) is 15.9 Å². The zero-order valence-electron chi connectivity index (χ0n) is 19.4. The quantitative estimate of drug-likeness (QED) is 0.330. The van der Waals surface area contributed by atoms with Crippen molar-refractivity contribution < 1.29 is 0 Å². The summed E-state index contributed by atoms with van der Waals surface area (Å²) in [6, 6.07) is 29.2. The normalized spacial score (nSPS) is 12.1. The predicted octanol–water partition coefficient (Wildman–Crippen LogP) is 7.72. The van der Waals surface area contributed by atoms with Gasteiger partial charge in [-0.3, -0.25) is 4.98 Å². The Hall–Kier alpha value is -2.91. The molecule has 0 radical (unpaired) electrons. The first kappa shape index (κ1) is 22.3. The van der Waals surface area contributed by atoms with Gasteiger partial charge in [0.05, 0.1) is 22.8 Å². The SMILES string of the molecule is CC(C)(C)c1cccc(-c2cccc(-c3cccc(C(C)(C)c4ccccc4S)n3)n2)c1. The van der Waals surface area contributed by atoms with Crippen LogP contribution in [0.5, 0.6) is 0 Å². The van der Waals surface area contributed by atoms with Crippen molar-refractivity contribution in [1.82, 2.24) is 9.97 Å². The Kier molecular flexibility index (Phi) is 5.96. The van der Waals surface area contributed by atoms with Gasteiger partial charge in [-0.05, 0) is 52.9 Å². The molecule has 2 heterocycles. The van der Waals surface area contributed by atoms with Crippen LogP contribution in [0.25, 0.3) is 22.6 Å². The lowest BCUT2D eigenvalue weighted by molar-refractivity contribution is 0.590. The Morgan fingerprint density at radius 2 is 1.25 bits per heavy atom. The molecule has 0 saturated heterocycles. The van der Waals surface area contributed by atoms with Gasteiger partial charge in [-0.2, -0.15) is 0 Å². The lowest BCUT2D eigenvalue weighted by Crippen LogP contribution is -2.21. The van der Waals surface area contributed by atoms with E-state index in [9.17, 15) is 0 Å². The van der Waals surface area contributed by atoms with E-state index in [2.05, 4.69) is 108 Å². The first-order valence-corrected chi connectivity index (χ1v) is 11.5. The van der Waals surface area contributed by atoms with E-state index in [1.807, 2.05) is 24.3 Å². The van der Waals surface area contributed by atoms with Crippen molar-refractivity contribution in [3.05, 3.63) is 102 Å². The molecule has 4 rings (SSSR count). The molecular weight excluding hydrogens is 408 g/mol. The largest absolute Gasteiger partial charge is 0.250 e. The molecule has 0 aliphatic rings. The van der Waals surface area contributed by atoms with Crippen LogP contribution in [0.2, 0.25) is 0 Å². The molecule has 0 saturated carbocycles. The van der Waals surface area contributed by atoms with Crippen LogP contribution in [-0.2, 0) is 10.8 Å². The van der Waals surface area contributed by atoms with Crippen molar-refractivity contribution in [1.29, 1.82) is 0 Å². The number of rotatable bonds is 4. The first-order chi connectivity index (χ1) is 15.2. The van der Waals surface area contributed by atoms with Crippen LogP contribution in [0, 0.1) is 0 Å². The predicted molar refractivity (Wildman–Crippen MR) is 137 cm³/mol. The fraction of sp³-hybridized carbons (Fsp3) is 0.241. The van der Waals surface area contributed by atoms with E-state index in [4.69, 9.17) is 9.97 Å². The van der Waals surface area contributed by atoms with Crippen molar-refractivity contribution in [3.8, 4) is 22.6 Å². The molecule has 0 amide bonds. The minimum Gasteiger partial charge on any atom is -0.250 e. The van der Waals surface area contributed by atoms with E-state index < -0.39 is 0 Å². The molecular formula is C29H30N2S. The topological polar surface area (TPSA) is 25.8 Å². The highest BCUT2D eigenvalue weighted by Gasteiger charge is 2.27. The van der Waals surface area contributed by atoms with Gasteiger partial charge in [0.1, 0.15) is 0 Å². The number of hydrogen-bond donors (Lipinski definition) is 1. The summed E-state index contributed by atoms with van der Waals surface area (Å²) in [5.74, 6) is 0. The van der Waals surface area contributed by atoms with Crippen LogP contribution < -0.4 is 0 Å². The number of thiol groups is 1. The van der Waals surface area contributed by atoms with E-state index in [-0.39, 0.29) is 10.8 Å². The maximum Gasteiger partial charge on any atom is 0.0893 e. The van der Waals surface area contributed by atoms with E-state index in [0.717, 1.165) is 38.8 Å². The first-order valence-electron chi connectivity index (χ1n) is 11.0. The van der Waals surface area contributed by atoms with E-state index in [1.54, 1.807) is 0 Å². The number of nitrogens with zero attached hydrogens (tertiary/aromatic N) is 2. The Bertz CT molecular complexity index is 1250. The maximum atomic E-state index is 5.03. The van der Waals surface area contributed by atoms with Gasteiger partial charge in [0.2, 0.25) is 0 Å². The van der Waals surface area contributed by atoms with Gasteiger partial charge in [0.15, 0.2) is 0 Å². The summed E-state index contributed by atoms with van der Waals surface area (Å²) in [5, 5.41) is 0. The van der Waals surface area contributed by atoms with Gasteiger partial charge < -0.3 is 0 Å². The number of benzene rings is 2. The third-order valence-corrected chi connectivity index (χ3v) is 6.39. The van der Waals surface area contributed by atoms with Gasteiger partial charge in [0.25, 0.3) is 0 Å². The molecule has 3 heteroatoms. The van der Waals surface area contributed by atoms with Crippen LogP contribution in [0.1, 0.15) is 51.4 Å². The van der Waals surface area contributed by atoms with Crippen LogP contribution in [0.4, 0.5) is 0 Å². The summed E-state index contributed by atoms with van der Waals surface area (Å²) >= 11 is 4.68. The highest BCUT2D eigenvalue weighted by molar-refractivity contribution is 7.80. The molecule has 0 atom stereocenters. The number of pyridine rings is 2. The average Bonchev–Trinajstić information content (AvgIpc) is 2.79. The zero-order valence-corrected chi connectivity index (χ0v) is 20.3. The molecule has 4 aromatic rings. The van der Waals surface area contributed by atoms with E-state index in [1.165, 1.54) is 5.56 Å². The van der Waals surface area contributed by atoms with Crippen molar-refractivity contribution in [2.45, 2.75) is 50.3 Å². The Labute approximate surface area is 197 Å². The second kappa shape index (κ2) is 8.55. The second-order valence-electron chi connectivity index (χ2n) is 9.79. The summed E-state index contributed by atoms with van der Waals surface area (Å²) < 4.78 is 0. The van der Waals surface area contributed by atoms with Crippen molar-refractivity contribution in [3.63, 3.8) is 0 Å². The molecule has 0 N–H and O–H groups in total. The van der Waals surface area contributed by atoms with Crippen LogP contribution in [0.3, 0.4) is 0 Å². The molecule has 2 nitrogen and oxygen atoms in total. The summed E-state index contributed by atoms with van der Waals surface area (Å²) in [6.07, 6.45) is 0. The van der Waals surface area contributed by atoms with E-state index >= 15 is 0 Å². The molecule has 0 fully saturated rings. The molecule has 0 aliphatic heterocycles. The van der Waals surface area contributed by atoms with Gasteiger partial charge >= 0.3 is 0 Å². The summed E-state index contributed by atoms with van der Waals surface area (Å²) in [5.41, 5.74) is 7.12. The monoisotopic (exact) mass is 438 g/mol. The molecule has 0 aliphatic carbocycles. The summed E-state index contributed by atoms with van der Waals surface area (Å²) in [4.78, 5) is 11.0. The van der Waals surface area contributed by atoms with Crippen LogP contribution in [-0.4, -0.2) is 9.97 Å². The Morgan fingerprint density at radius 1 is 0.625 bits per heavy atom. The van der Waals surface area contributed by atoms with Crippen LogP contribution in [0.15, 0.2) is 89.8 Å². The van der Waals surface area contributed by atoms with Gasteiger partial charge in [-0.15, -0.1) is 12.6 Å². The standard InChI is InChI=1S/C29H30N2S/c1-28(2,3)21-12-8-11-20(19-21)23-14-9-15-24(30-23)25-16-10-18-27(31-25)29(4,5)22-13-6-7-17-26(22)32/h6-19,32H,1-5H3. The highest BCUT2D eigenvalue weighted by Crippen LogP contribution is 2.35. The Morgan fingerprint density at radius 3 is 1.97 bits per heavy atom. The molecule has 0 bridgehead atoms. The van der Waals surface area contributed by atoms with Crippen molar-refractivity contribution >= 4 is 12.6 Å². The zero-order chi connectivity index (χ0) is 22.9. The fourth-order valence-corrected chi connectivity index (χ4v) is 4.39. The maximum absolute atomic E-state index is 5.03. The minimum atomic E-state index is -0.271. The third kappa shape index (κ3) is 4.49. The summed E-state index contributed by atoms with van der Waals surface area (Å²) in [7, 11) is 0. The highest BCUT2D eigenvalue weighted by atomic mass is 32.1. The number of aromatic nitrogens is 2. The molecule has 2 aromatic heterocycles. The molecule has 2 aromatic carbocycles. The third-order valence-electron chi connectivity index (χ3n) is 6.00. The molecule has 32 heavy (non-hydrogen) atoms. The van der Waals surface area contributed by atoms with E-state index in [0.29, 0.717) is 0 Å². The average molecular weight is 439 g/mol. The summed E-state index contributed by atoms with van der Waals surface area (Å²) in [6.45, 7) is 11.1. The molecule has 0 spiro atoms. The lowest BCUT2D eigenvalue weighted by Gasteiger charge is -2.26. The van der Waals surface area contributed by atoms with Crippen molar-refractivity contribution in [2.24, 2.45) is 0 Å².